The van der Waals surface area contributed by atoms with E-state index in [-0.39, 0.29) is 5.54 Å². The van der Waals surface area contributed by atoms with Gasteiger partial charge in [-0.1, -0.05) is 26.0 Å². The molecule has 1 atom stereocenters. The largest absolute Gasteiger partial charge is 0.493 e. The lowest BCUT2D eigenvalue weighted by atomic mass is 9.79. The first-order chi connectivity index (χ1) is 9.63. The topological polar surface area (TPSA) is 30.5 Å². The average Bonchev–Trinajstić information content (AvgIpc) is 2.89. The molecule has 0 spiro atoms. The summed E-state index contributed by atoms with van der Waals surface area (Å²) in [4.78, 5) is 0. The third-order valence-corrected chi connectivity index (χ3v) is 4.45. The Morgan fingerprint density at radius 2 is 2.15 bits per heavy atom. The van der Waals surface area contributed by atoms with Crippen LogP contribution in [0.5, 0.6) is 11.5 Å². The van der Waals surface area contributed by atoms with Crippen LogP contribution in [-0.4, -0.2) is 25.8 Å². The SMILES string of the molecule is CCOc1cccc(CC2(C(C)C)CCCN2)c1OC. The van der Waals surface area contributed by atoms with Crippen molar-refractivity contribution >= 4 is 0 Å². The van der Waals surface area contributed by atoms with Gasteiger partial charge in [0.1, 0.15) is 0 Å². The van der Waals surface area contributed by atoms with Gasteiger partial charge in [0.2, 0.25) is 0 Å². The summed E-state index contributed by atoms with van der Waals surface area (Å²) in [5.41, 5.74) is 1.43. The lowest BCUT2D eigenvalue weighted by molar-refractivity contribution is 0.262. The van der Waals surface area contributed by atoms with Gasteiger partial charge in [-0.15, -0.1) is 0 Å². The van der Waals surface area contributed by atoms with E-state index in [0.717, 1.165) is 24.5 Å². The average molecular weight is 277 g/mol. The summed E-state index contributed by atoms with van der Waals surface area (Å²) < 4.78 is 11.3. The van der Waals surface area contributed by atoms with E-state index in [1.807, 2.05) is 13.0 Å². The maximum absolute atomic E-state index is 5.68. The van der Waals surface area contributed by atoms with Crippen LogP contribution in [0.15, 0.2) is 18.2 Å². The number of methoxy groups -OCH3 is 1. The van der Waals surface area contributed by atoms with Crippen LogP contribution in [0.4, 0.5) is 0 Å². The first kappa shape index (κ1) is 15.2. The van der Waals surface area contributed by atoms with Gasteiger partial charge in [0.15, 0.2) is 11.5 Å². The number of hydrogen-bond donors (Lipinski definition) is 1. The maximum atomic E-state index is 5.68. The molecule has 1 aromatic carbocycles. The van der Waals surface area contributed by atoms with Crippen molar-refractivity contribution in [1.29, 1.82) is 0 Å². The summed E-state index contributed by atoms with van der Waals surface area (Å²) in [5.74, 6) is 2.35. The summed E-state index contributed by atoms with van der Waals surface area (Å²) >= 11 is 0. The molecule has 20 heavy (non-hydrogen) atoms. The molecule has 1 heterocycles. The Bertz CT molecular complexity index is 437. The second-order valence-corrected chi connectivity index (χ2v) is 5.90. The lowest BCUT2D eigenvalue weighted by Crippen LogP contribution is -2.46. The summed E-state index contributed by atoms with van der Waals surface area (Å²) in [6, 6.07) is 6.20. The van der Waals surface area contributed by atoms with Crippen molar-refractivity contribution in [3.63, 3.8) is 0 Å². The van der Waals surface area contributed by atoms with Crippen molar-refractivity contribution in [3.8, 4) is 11.5 Å². The van der Waals surface area contributed by atoms with Crippen molar-refractivity contribution in [2.75, 3.05) is 20.3 Å². The van der Waals surface area contributed by atoms with E-state index >= 15 is 0 Å². The number of nitrogens with one attached hydrogen (secondary N) is 1. The van der Waals surface area contributed by atoms with Crippen molar-refractivity contribution in [3.05, 3.63) is 23.8 Å². The molecule has 3 heteroatoms. The summed E-state index contributed by atoms with van der Waals surface area (Å²) in [7, 11) is 1.73. The Labute approximate surface area is 122 Å². The van der Waals surface area contributed by atoms with E-state index in [0.29, 0.717) is 12.5 Å². The Morgan fingerprint density at radius 1 is 1.35 bits per heavy atom. The summed E-state index contributed by atoms with van der Waals surface area (Å²) in [6.07, 6.45) is 3.48. The summed E-state index contributed by atoms with van der Waals surface area (Å²) in [5, 5.41) is 3.72. The molecule has 3 nitrogen and oxygen atoms in total. The van der Waals surface area contributed by atoms with Crippen LogP contribution < -0.4 is 14.8 Å². The molecule has 0 amide bonds. The Kier molecular flexibility index (Phi) is 4.92. The maximum Gasteiger partial charge on any atom is 0.163 e. The molecule has 1 fully saturated rings. The van der Waals surface area contributed by atoms with E-state index in [9.17, 15) is 0 Å². The molecular weight excluding hydrogens is 250 g/mol. The minimum atomic E-state index is 0.193. The molecule has 1 aromatic rings. The standard InChI is InChI=1S/C17H27NO2/c1-5-20-15-9-6-8-14(16(15)19-4)12-17(13(2)3)10-7-11-18-17/h6,8-9,13,18H,5,7,10-12H2,1-4H3. The Hall–Kier alpha value is -1.22. The Morgan fingerprint density at radius 3 is 2.70 bits per heavy atom. The van der Waals surface area contributed by atoms with E-state index in [1.165, 1.54) is 18.4 Å². The number of rotatable bonds is 6. The van der Waals surface area contributed by atoms with Gasteiger partial charge in [-0.25, -0.2) is 0 Å². The van der Waals surface area contributed by atoms with Gasteiger partial charge in [0.25, 0.3) is 0 Å². The molecule has 0 aliphatic carbocycles. The highest BCUT2D eigenvalue weighted by Crippen LogP contribution is 2.37. The highest BCUT2D eigenvalue weighted by molar-refractivity contribution is 5.47. The number of para-hydroxylation sites is 1. The van der Waals surface area contributed by atoms with Crippen molar-refractivity contribution in [2.24, 2.45) is 5.92 Å². The van der Waals surface area contributed by atoms with Crippen molar-refractivity contribution < 1.29 is 9.47 Å². The van der Waals surface area contributed by atoms with Crippen molar-refractivity contribution in [2.45, 2.75) is 45.6 Å². The predicted molar refractivity (Wildman–Crippen MR) is 82.7 cm³/mol. The second kappa shape index (κ2) is 6.49. The van der Waals surface area contributed by atoms with Gasteiger partial charge in [-0.3, -0.25) is 0 Å². The van der Waals surface area contributed by atoms with Gasteiger partial charge < -0.3 is 14.8 Å². The quantitative estimate of drug-likeness (QED) is 0.864. The first-order valence-electron chi connectivity index (χ1n) is 7.66. The second-order valence-electron chi connectivity index (χ2n) is 5.90. The molecule has 0 aromatic heterocycles. The molecule has 2 rings (SSSR count). The third kappa shape index (κ3) is 2.93. The van der Waals surface area contributed by atoms with Crippen LogP contribution in [0.3, 0.4) is 0 Å². The van der Waals surface area contributed by atoms with E-state index in [4.69, 9.17) is 9.47 Å². The van der Waals surface area contributed by atoms with Gasteiger partial charge in [-0.05, 0) is 50.3 Å². The molecule has 1 N–H and O–H groups in total. The van der Waals surface area contributed by atoms with E-state index in [2.05, 4.69) is 31.3 Å². The lowest BCUT2D eigenvalue weighted by Gasteiger charge is -2.34. The number of ether oxygens (including phenoxy) is 2. The van der Waals surface area contributed by atoms with Gasteiger partial charge in [-0.2, -0.15) is 0 Å². The van der Waals surface area contributed by atoms with Crippen LogP contribution >= 0.6 is 0 Å². The number of benzene rings is 1. The van der Waals surface area contributed by atoms with Crippen molar-refractivity contribution in [1.82, 2.24) is 5.32 Å². The number of hydrogen-bond acceptors (Lipinski definition) is 3. The molecule has 1 unspecified atom stereocenters. The van der Waals surface area contributed by atoms with Crippen LogP contribution in [0.2, 0.25) is 0 Å². The van der Waals surface area contributed by atoms with E-state index in [1.54, 1.807) is 7.11 Å². The third-order valence-electron chi connectivity index (χ3n) is 4.45. The zero-order chi connectivity index (χ0) is 14.6. The Balaban J connectivity index is 2.30. The molecule has 0 saturated carbocycles. The minimum Gasteiger partial charge on any atom is -0.493 e. The fourth-order valence-corrected chi connectivity index (χ4v) is 3.22. The van der Waals surface area contributed by atoms with Gasteiger partial charge >= 0.3 is 0 Å². The minimum absolute atomic E-state index is 0.193. The first-order valence-corrected chi connectivity index (χ1v) is 7.66. The molecule has 1 aliphatic rings. The molecule has 0 radical (unpaired) electrons. The smallest absolute Gasteiger partial charge is 0.163 e. The molecule has 1 saturated heterocycles. The molecule has 112 valence electrons. The highest BCUT2D eigenvalue weighted by atomic mass is 16.5. The zero-order valence-corrected chi connectivity index (χ0v) is 13.2. The van der Waals surface area contributed by atoms with Crippen LogP contribution in [0.25, 0.3) is 0 Å². The molecule has 0 bridgehead atoms. The fourth-order valence-electron chi connectivity index (χ4n) is 3.22. The highest BCUT2D eigenvalue weighted by Gasteiger charge is 2.37. The zero-order valence-electron chi connectivity index (χ0n) is 13.2. The molecular formula is C17H27NO2. The predicted octanol–water partition coefficient (Wildman–Crippen LogP) is 3.41. The van der Waals surface area contributed by atoms with Gasteiger partial charge in [0, 0.05) is 5.54 Å². The monoisotopic (exact) mass is 277 g/mol. The van der Waals surface area contributed by atoms with E-state index < -0.39 is 0 Å². The van der Waals surface area contributed by atoms with Crippen LogP contribution in [-0.2, 0) is 6.42 Å². The normalized spacial score (nSPS) is 22.2. The summed E-state index contributed by atoms with van der Waals surface area (Å²) in [6.45, 7) is 8.38. The fraction of sp³-hybridized carbons (Fsp3) is 0.647. The van der Waals surface area contributed by atoms with Gasteiger partial charge in [0.05, 0.1) is 13.7 Å². The van der Waals surface area contributed by atoms with Crippen LogP contribution in [0.1, 0.15) is 39.2 Å². The van der Waals surface area contributed by atoms with Crippen LogP contribution in [0, 0.1) is 5.92 Å². The molecule has 1 aliphatic heterocycles.